The van der Waals surface area contributed by atoms with Crippen molar-refractivity contribution in [2.45, 2.75) is 29.4 Å². The van der Waals surface area contributed by atoms with Gasteiger partial charge in [0.1, 0.15) is 35.3 Å². The number of imidazole rings is 1. The van der Waals surface area contributed by atoms with E-state index in [9.17, 15) is 35.3 Å². The molecular weight excluding hydrogens is 675 g/mol. The van der Waals surface area contributed by atoms with Crippen molar-refractivity contribution in [2.75, 3.05) is 24.7 Å². The number of fused-ring (bicyclic) bond motifs is 1. The van der Waals surface area contributed by atoms with Gasteiger partial charge in [-0.15, -0.1) is 0 Å². The summed E-state index contributed by atoms with van der Waals surface area (Å²) in [6, 6.07) is 2.19. The lowest BCUT2D eigenvalue weighted by Gasteiger charge is -2.13. The summed E-state index contributed by atoms with van der Waals surface area (Å²) in [6.07, 6.45) is -4.11. The lowest BCUT2D eigenvalue weighted by molar-refractivity contribution is -0.137. The zero-order valence-corrected chi connectivity index (χ0v) is 23.6. The molecule has 44 heavy (non-hydrogen) atoms. The van der Waals surface area contributed by atoms with E-state index in [1.807, 2.05) is 0 Å². The molecule has 0 radical (unpaired) electrons. The minimum Gasteiger partial charge on any atom is -0.394 e. The van der Waals surface area contributed by atoms with Crippen molar-refractivity contribution in [3.05, 3.63) is 50.1 Å². The molecule has 0 spiro atoms. The van der Waals surface area contributed by atoms with Crippen LogP contribution in [-0.2, 0) is 28.4 Å². The first-order chi connectivity index (χ1) is 20.4. The van der Waals surface area contributed by atoms with E-state index in [-0.39, 0.29) is 37.1 Å². The fourth-order valence-electron chi connectivity index (χ4n) is 3.30. The Balaban J connectivity index is 0.000000257. The summed E-state index contributed by atoms with van der Waals surface area (Å²) in [5.74, 6) is -0.920. The molecule has 1 unspecified atom stereocenters. The lowest BCUT2D eigenvalue weighted by atomic mass is 10.2. The number of nitrogens with two attached hydrogens (primary N) is 2. The van der Waals surface area contributed by atoms with E-state index >= 15 is 0 Å². The van der Waals surface area contributed by atoms with Crippen LogP contribution in [0.15, 0.2) is 28.2 Å². The smallest absolute Gasteiger partial charge is 0.394 e. The summed E-state index contributed by atoms with van der Waals surface area (Å²) in [4.78, 5) is 20.5. The van der Waals surface area contributed by atoms with Crippen LogP contribution in [-0.4, -0.2) is 68.5 Å². The third-order valence-electron chi connectivity index (χ3n) is 5.28. The molecule has 14 nitrogen and oxygen atoms in total. The summed E-state index contributed by atoms with van der Waals surface area (Å²) in [7, 11) is -3.71. The molecule has 7 N–H and O–H groups in total. The van der Waals surface area contributed by atoms with Crippen molar-refractivity contribution < 1.29 is 45.5 Å². The third kappa shape index (κ3) is 7.40. The number of rotatable bonds is 7. The van der Waals surface area contributed by atoms with Crippen molar-refractivity contribution in [3.8, 4) is 11.8 Å². The Bertz CT molecular complexity index is 1780. The van der Waals surface area contributed by atoms with Crippen LogP contribution in [0.5, 0.6) is 0 Å². The summed E-state index contributed by atoms with van der Waals surface area (Å²) < 4.78 is 95.0. The third-order valence-corrected chi connectivity index (χ3v) is 7.05. The van der Waals surface area contributed by atoms with Gasteiger partial charge in [-0.1, -0.05) is 23.2 Å². The van der Waals surface area contributed by atoms with E-state index in [0.717, 1.165) is 0 Å². The Kier molecular flexibility index (Phi) is 10.5. The molecule has 3 heterocycles. The molecule has 0 aliphatic carbocycles. The summed E-state index contributed by atoms with van der Waals surface area (Å²) in [5, 5.41) is 28.8. The number of hydrogen-bond donors (Lipinski definition) is 5. The van der Waals surface area contributed by atoms with Gasteiger partial charge in [0, 0.05) is 0 Å². The predicted octanol–water partition coefficient (Wildman–Crippen LogP) is 2.31. The highest BCUT2D eigenvalue weighted by Gasteiger charge is 2.43. The van der Waals surface area contributed by atoms with Crippen LogP contribution in [0.25, 0.3) is 16.9 Å². The van der Waals surface area contributed by atoms with E-state index in [4.69, 9.17) is 54.9 Å². The van der Waals surface area contributed by atoms with Gasteiger partial charge < -0.3 is 26.4 Å². The van der Waals surface area contributed by atoms with Crippen molar-refractivity contribution in [1.82, 2.24) is 29.3 Å². The molecule has 238 valence electrons. The number of nitrogens with one attached hydrogen (secondary N) is 1. The zero-order valence-electron chi connectivity index (χ0n) is 21.3. The standard InChI is InChI=1S/C12H4Cl2F6N4OS.C9H13N5O4/c13-5-1-4(11(15,16)17)2-6(14)8(5)24-10(22)9(7(3-21)23-24)26(25)12(18,19)20;10-9-12-7-6(8(17)13-9)11-3-14(7)4-18-5(1-15)2-16/h1-2H,22H2;3,5,15-16H,1-2,4H2,(H3,10,12,13,17). The number of halogens is 8. The molecule has 1 atom stereocenters. The fourth-order valence-corrected chi connectivity index (χ4v) is 4.72. The van der Waals surface area contributed by atoms with Gasteiger partial charge in [-0.2, -0.15) is 41.7 Å². The largest absolute Gasteiger partial charge is 0.476 e. The van der Waals surface area contributed by atoms with Gasteiger partial charge >= 0.3 is 11.7 Å². The van der Waals surface area contributed by atoms with Gasteiger partial charge in [0.2, 0.25) is 5.95 Å². The molecule has 4 aromatic rings. The van der Waals surface area contributed by atoms with E-state index in [2.05, 4.69) is 20.1 Å². The predicted molar refractivity (Wildman–Crippen MR) is 142 cm³/mol. The topological polar surface area (TPSA) is 224 Å². The second kappa shape index (κ2) is 13.4. The van der Waals surface area contributed by atoms with Crippen LogP contribution in [0.3, 0.4) is 0 Å². The molecule has 0 aliphatic rings. The minimum absolute atomic E-state index is 0.00181. The van der Waals surface area contributed by atoms with Crippen LogP contribution in [0.1, 0.15) is 11.3 Å². The van der Waals surface area contributed by atoms with Crippen molar-refractivity contribution in [3.63, 3.8) is 0 Å². The number of aliphatic hydroxyl groups is 2. The summed E-state index contributed by atoms with van der Waals surface area (Å²) >= 11 is 11.5. The molecule has 0 saturated heterocycles. The number of alkyl halides is 6. The Labute approximate surface area is 252 Å². The van der Waals surface area contributed by atoms with Gasteiger partial charge in [0.25, 0.3) is 5.56 Å². The quantitative estimate of drug-likeness (QED) is 0.177. The first-order valence-electron chi connectivity index (χ1n) is 11.3. The highest BCUT2D eigenvalue weighted by molar-refractivity contribution is 7.86. The number of nitriles is 1. The van der Waals surface area contributed by atoms with Crippen molar-refractivity contribution in [1.29, 1.82) is 5.26 Å². The molecule has 23 heteroatoms. The van der Waals surface area contributed by atoms with E-state index in [0.29, 0.717) is 16.8 Å². The van der Waals surface area contributed by atoms with E-state index < -0.39 is 71.9 Å². The van der Waals surface area contributed by atoms with Crippen LogP contribution < -0.4 is 17.0 Å². The van der Waals surface area contributed by atoms with E-state index in [1.165, 1.54) is 17.0 Å². The Morgan fingerprint density at radius 2 is 1.73 bits per heavy atom. The average molecular weight is 692 g/mol. The molecule has 3 aromatic heterocycles. The minimum atomic E-state index is -5.25. The van der Waals surface area contributed by atoms with Crippen LogP contribution in [0, 0.1) is 11.3 Å². The molecule has 0 fully saturated rings. The Hall–Kier alpha value is -3.94. The van der Waals surface area contributed by atoms with Crippen molar-refractivity contribution in [2.24, 2.45) is 0 Å². The number of ether oxygens (including phenoxy) is 1. The van der Waals surface area contributed by atoms with E-state index in [1.54, 1.807) is 0 Å². The maximum absolute atomic E-state index is 12.7. The normalized spacial score (nSPS) is 12.7. The number of nitrogens with zero attached hydrogens (tertiary/aromatic N) is 6. The zero-order chi connectivity index (χ0) is 33.1. The maximum atomic E-state index is 12.7. The number of aliphatic hydroxyl groups excluding tert-OH is 2. The molecule has 4 rings (SSSR count). The van der Waals surface area contributed by atoms with Gasteiger partial charge in [-0.05, 0) is 12.1 Å². The number of aromatic nitrogens is 6. The second-order valence-electron chi connectivity index (χ2n) is 8.21. The van der Waals surface area contributed by atoms with Crippen LogP contribution in [0.4, 0.5) is 38.1 Å². The van der Waals surface area contributed by atoms with Gasteiger partial charge in [0.15, 0.2) is 27.7 Å². The average Bonchev–Trinajstić information content (AvgIpc) is 3.48. The van der Waals surface area contributed by atoms with Crippen LogP contribution >= 0.6 is 23.2 Å². The Morgan fingerprint density at radius 1 is 1.14 bits per heavy atom. The number of hydrogen-bond acceptors (Lipinski definition) is 11. The Morgan fingerprint density at radius 3 is 2.23 bits per heavy atom. The van der Waals surface area contributed by atoms with Crippen LogP contribution in [0.2, 0.25) is 10.0 Å². The molecule has 0 amide bonds. The number of benzene rings is 1. The molecule has 0 bridgehead atoms. The second-order valence-corrected chi connectivity index (χ2v) is 10.4. The number of H-pyrrole nitrogens is 1. The first-order valence-corrected chi connectivity index (χ1v) is 13.2. The monoisotopic (exact) mass is 691 g/mol. The van der Waals surface area contributed by atoms with Gasteiger partial charge in [-0.25, -0.2) is 13.9 Å². The van der Waals surface area contributed by atoms with Gasteiger partial charge in [0.05, 0.1) is 35.1 Å². The number of nitrogen functional groups attached to an aromatic ring is 2. The van der Waals surface area contributed by atoms with Crippen molar-refractivity contribution >= 4 is 56.9 Å². The highest BCUT2D eigenvalue weighted by atomic mass is 35.5. The number of aromatic amines is 1. The number of anilines is 2. The fraction of sp³-hybridized carbons (Fsp3) is 0.286. The molecule has 0 aliphatic heterocycles. The summed E-state index contributed by atoms with van der Waals surface area (Å²) in [6.45, 7) is -0.614. The maximum Gasteiger partial charge on any atom is 0.476 e. The summed E-state index contributed by atoms with van der Waals surface area (Å²) in [5.41, 5.74) is 3.01. The lowest BCUT2D eigenvalue weighted by Crippen LogP contribution is -2.23. The highest BCUT2D eigenvalue weighted by Crippen LogP contribution is 2.40. The first kappa shape index (κ1) is 34.5. The van der Waals surface area contributed by atoms with Gasteiger partial charge in [-0.3, -0.25) is 14.3 Å². The molecule has 1 aromatic carbocycles. The molecular formula is C21H17Cl2F6N9O5S. The molecule has 0 saturated carbocycles. The SMILES string of the molecule is N#Cc1nn(-c2c(Cl)cc(C(F)(F)F)cc2Cl)c(N)c1S(=O)C(F)(F)F.Nc1nc2c(ncn2COC(CO)CO)c(=O)[nH]1.